The maximum atomic E-state index is 13.4. The van der Waals surface area contributed by atoms with Crippen LogP contribution in [0.15, 0.2) is 309 Å². The summed E-state index contributed by atoms with van der Waals surface area (Å²) in [6.45, 7) is 31.3. The number of nitrogens with zero attached hydrogens (tertiary/aromatic N) is 13. The van der Waals surface area contributed by atoms with E-state index in [1.807, 2.05) is 214 Å². The third-order valence-corrected chi connectivity index (χ3v) is 29.0. The van der Waals surface area contributed by atoms with Gasteiger partial charge in [0.2, 0.25) is 29.5 Å². The van der Waals surface area contributed by atoms with E-state index < -0.39 is 17.5 Å². The molecule has 6 amide bonds. The molecule has 10 aromatic carbocycles. The molecular weight excluding hydrogens is 2060 g/mol. The highest BCUT2D eigenvalue weighted by Gasteiger charge is 2.33. The number of halogens is 7. The van der Waals surface area contributed by atoms with Crippen molar-refractivity contribution < 1.29 is 46.4 Å². The third kappa shape index (κ3) is 34.7. The van der Waals surface area contributed by atoms with Gasteiger partial charge in [-0.2, -0.15) is 0 Å². The molecule has 0 N–H and O–H groups in total. The third-order valence-electron chi connectivity index (χ3n) is 26.9. The lowest BCUT2D eigenvalue weighted by atomic mass is 9.96. The van der Waals surface area contributed by atoms with Crippen molar-refractivity contribution in [1.29, 1.82) is 0 Å². The number of carbonyl (C=O) groups is 6. The van der Waals surface area contributed by atoms with Gasteiger partial charge in [-0.25, -0.2) is 13.2 Å². The first-order valence-electron chi connectivity index (χ1n) is 49.7. The van der Waals surface area contributed by atoms with Crippen LogP contribution in [0.4, 0.5) is 13.2 Å². The second-order valence-corrected chi connectivity index (χ2v) is 40.8. The van der Waals surface area contributed by atoms with Crippen molar-refractivity contribution in [3.8, 4) is 0 Å². The molecule has 0 saturated carbocycles. The highest BCUT2D eigenvalue weighted by molar-refractivity contribution is 9.11. The number of rotatable bonds is 23. The van der Waals surface area contributed by atoms with Gasteiger partial charge in [-0.05, 0) is 198 Å². The first-order valence-corrected chi connectivity index (χ1v) is 52.9. The van der Waals surface area contributed by atoms with E-state index in [0.29, 0.717) is 32.2 Å². The van der Waals surface area contributed by atoms with Gasteiger partial charge in [0, 0.05) is 215 Å². The fourth-order valence-corrected chi connectivity index (χ4v) is 18.9. The first-order chi connectivity index (χ1) is 69.2. The largest absolute Gasteiger partial charge is 0.351 e. The Morgan fingerprint density at radius 2 is 0.657 bits per heavy atom. The van der Waals surface area contributed by atoms with Crippen LogP contribution in [0.25, 0.3) is 41.3 Å². The van der Waals surface area contributed by atoms with Crippen LogP contribution in [0.5, 0.6) is 0 Å². The Morgan fingerprint density at radius 1 is 0.350 bits per heavy atom. The number of carbonyl (C=O) groups excluding carboxylic acids is 6. The van der Waals surface area contributed by atoms with Gasteiger partial charge in [0.1, 0.15) is 0 Å². The lowest BCUT2D eigenvalue weighted by Gasteiger charge is -2.39. The van der Waals surface area contributed by atoms with E-state index in [2.05, 4.69) is 226 Å². The summed E-state index contributed by atoms with van der Waals surface area (Å²) in [4.78, 5) is 97.8. The van der Waals surface area contributed by atoms with Gasteiger partial charge in [0.25, 0.3) is 5.91 Å². The Labute approximate surface area is 877 Å². The minimum Gasteiger partial charge on any atom is -0.351 e. The van der Waals surface area contributed by atoms with Crippen molar-refractivity contribution in [3.63, 3.8) is 0 Å². The van der Waals surface area contributed by atoms with Crippen LogP contribution in [-0.2, 0) is 31.0 Å². The van der Waals surface area contributed by atoms with Crippen molar-refractivity contribution in [2.45, 2.75) is 65.1 Å². The summed E-state index contributed by atoms with van der Waals surface area (Å²) < 4.78 is 47.1. The van der Waals surface area contributed by atoms with Crippen molar-refractivity contribution in [2.24, 2.45) is 7.05 Å². The van der Waals surface area contributed by atoms with Crippen molar-refractivity contribution in [2.75, 3.05) is 184 Å². The van der Waals surface area contributed by atoms with Gasteiger partial charge in [-0.15, -0.1) is 0 Å². The Balaban J connectivity index is 0.000000155. The maximum Gasteiger partial charge on any atom is 0.253 e. The minimum atomic E-state index is -1.52. The number of amides is 6. The van der Waals surface area contributed by atoms with Crippen molar-refractivity contribution in [1.82, 2.24) is 58.5 Å². The summed E-state index contributed by atoms with van der Waals surface area (Å²) in [6.07, 6.45) is 22.5. The highest BCUT2D eigenvalue weighted by Crippen LogP contribution is 2.33. The molecule has 6 fully saturated rings. The predicted octanol–water partition coefficient (Wildman–Crippen LogP) is 21.6. The summed E-state index contributed by atoms with van der Waals surface area (Å²) in [6, 6.07) is 84.3. The second kappa shape index (κ2) is 56.8. The minimum absolute atomic E-state index is 0.0929. The molecule has 0 aliphatic carbocycles. The average Bonchev–Trinajstić information content (AvgIpc) is 1.78. The molecule has 0 spiro atoms. The lowest BCUT2D eigenvalue weighted by Crippen LogP contribution is -2.55. The number of hydrogen-bond acceptors (Lipinski definition) is 11. The summed E-state index contributed by atoms with van der Waals surface area (Å²) in [5, 5.41) is 1.11. The number of hydrogen-bond donors (Lipinski definition) is 0. The molecular formula is C117H135Br4F3N13O6+. The molecule has 1 aromatic heterocycles. The number of piperazine rings is 6. The van der Waals surface area contributed by atoms with Crippen LogP contribution in [-0.4, -0.2) is 289 Å². The van der Waals surface area contributed by atoms with Crippen LogP contribution in [0.1, 0.15) is 119 Å². The normalized spacial score (nSPS) is 16.4. The van der Waals surface area contributed by atoms with Gasteiger partial charge in [-0.1, -0.05) is 261 Å². The second-order valence-electron chi connectivity index (χ2n) is 37.1. The zero-order valence-corrected chi connectivity index (χ0v) is 89.6. The van der Waals surface area contributed by atoms with Crippen molar-refractivity contribution in [3.05, 3.63) is 382 Å². The van der Waals surface area contributed by atoms with Crippen LogP contribution in [0.2, 0.25) is 0 Å². The molecule has 0 radical (unpaired) electrons. The molecule has 17 rings (SSSR count). The maximum absolute atomic E-state index is 13.4. The standard InChI is InChI=1S/C27H27N3O.C26H23F3N2O.2C17H23BrN2O.C15H20BrN2O.C15H19BrN2O/c1-28-15-14-23-20-24(12-13-25(23)28)27(31)30-18-16-29(17-19-30)26(21-8-4-2-5-9-21)22-10-6-3-7-11-22;27-22-17-19(18-23(28)25(22)29)11-12-24(32)30-13-15-31(16-14-30)26(20-7-3-1-4-8-20)21-9-5-2-6-10-21;1-3-14(2)19-10-12-20(13-11-19)17(21)9-6-15-4-7-16(18)8-5-15;1-2-3-10-19-11-13-20(14-12-19)17(21)9-6-15-4-7-16(18)8-5-15;1-18(2)11-9-17(10-12-18)15(19)8-5-13-3-6-14(16)7-4-13;1-2-17-9-11-18(12-10-17)15(19)8-5-13-3-6-14(16)7-4-13/h2-15,20,26H,16-19H2,1H3;1-12,17-18,26H,13-16H2;4-9,14H,3,10-13H2,1-2H3;4-9H,2-3,10-14H2,1H3;3-8H,9-12H2,1-2H3;3-8H,2,9-12H2,1H3/q;;;;+1;/b;12-11+;2*9-6+;2*8-5+. The molecule has 6 aliphatic rings. The number of unbranched alkanes of at least 4 members (excludes halogenated alkanes) is 1. The van der Waals surface area contributed by atoms with E-state index in [4.69, 9.17) is 0 Å². The molecule has 7 heterocycles. The predicted molar refractivity (Wildman–Crippen MR) is 589 cm³/mol. The molecule has 0 bridgehead atoms. The summed E-state index contributed by atoms with van der Waals surface area (Å²) in [5.41, 5.74) is 11.2. The molecule has 1 atom stereocenters. The zero-order chi connectivity index (χ0) is 102. The molecule has 6 aliphatic heterocycles. The fraction of sp³-hybridized carbons (Fsp3) is 0.333. The van der Waals surface area contributed by atoms with Gasteiger partial charge in [-0.3, -0.25) is 48.4 Å². The van der Waals surface area contributed by atoms with E-state index in [1.165, 1.54) is 47.2 Å². The van der Waals surface area contributed by atoms with Gasteiger partial charge >= 0.3 is 0 Å². The molecule has 26 heteroatoms. The smallest absolute Gasteiger partial charge is 0.253 e. The average molecular weight is 2200 g/mol. The van der Waals surface area contributed by atoms with Gasteiger partial charge in [0.05, 0.1) is 52.4 Å². The van der Waals surface area contributed by atoms with E-state index >= 15 is 0 Å². The summed E-state index contributed by atoms with van der Waals surface area (Å²) >= 11 is 13.6. The molecule has 19 nitrogen and oxygen atoms in total. The number of aromatic nitrogens is 1. The number of aryl methyl sites for hydroxylation is 1. The lowest BCUT2D eigenvalue weighted by molar-refractivity contribution is -0.894. The first kappa shape index (κ1) is 111. The number of quaternary nitrogens is 1. The molecule has 6 saturated heterocycles. The van der Waals surface area contributed by atoms with Crippen molar-refractivity contribution >= 4 is 140 Å². The Kier molecular flexibility index (Phi) is 43.9. The monoisotopic (exact) mass is 2190 g/mol. The summed E-state index contributed by atoms with van der Waals surface area (Å²) in [5.74, 6) is -3.74. The van der Waals surface area contributed by atoms with Crippen LogP contribution in [0.3, 0.4) is 0 Å². The molecule has 11 aromatic rings. The SMILES string of the molecule is CCC(C)N1CCN(C(=O)/C=C/c2ccc(Br)cc2)CC1.CCCCN1CCN(C(=O)/C=C/c2ccc(Br)cc2)CC1.CCN1CCN(C(=O)/C=C/c2ccc(Br)cc2)CC1.C[N+]1(C)CCN(C(=O)/C=C/c2ccc(Br)cc2)CC1.Cn1ccc2cc(C(=O)N3CCN(C(c4ccccc4)c4ccccc4)CC3)ccc21.O=C(/C=C/c1cc(F)c(F)c(F)c1)N1CCN(C(c2ccccc2)c2ccccc2)CC1. The van der Waals surface area contributed by atoms with E-state index in [-0.39, 0.29) is 53.1 Å². The van der Waals surface area contributed by atoms with Gasteiger partial charge in [0.15, 0.2) is 17.5 Å². The molecule has 1 unspecified atom stereocenters. The molecule has 143 heavy (non-hydrogen) atoms. The van der Waals surface area contributed by atoms with Crippen LogP contribution in [0, 0.1) is 17.5 Å². The quantitative estimate of drug-likeness (QED) is 0.0343. The fourth-order valence-electron chi connectivity index (χ4n) is 17.8. The Morgan fingerprint density at radius 3 is 0.986 bits per heavy atom. The number of benzene rings is 10. The summed E-state index contributed by atoms with van der Waals surface area (Å²) in [7, 11) is 6.44. The number of likely N-dealkylation sites (N-methyl/N-ethyl adjacent to an activating group) is 2. The highest BCUT2D eigenvalue weighted by atomic mass is 79.9. The van der Waals surface area contributed by atoms with E-state index in [9.17, 15) is 41.9 Å². The Hall–Kier alpha value is -11.3. The van der Waals surface area contributed by atoms with Gasteiger partial charge < -0.3 is 43.3 Å². The van der Waals surface area contributed by atoms with E-state index in [1.54, 1.807) is 29.2 Å². The zero-order valence-electron chi connectivity index (χ0n) is 83.2. The van der Waals surface area contributed by atoms with Crippen LogP contribution >= 0.6 is 63.7 Å². The number of fused-ring (bicyclic) bond motifs is 1. The topological polar surface area (TPSA) is 143 Å². The van der Waals surface area contributed by atoms with Crippen LogP contribution < -0.4 is 0 Å². The van der Waals surface area contributed by atoms with E-state index in [0.717, 1.165) is 224 Å². The molecule has 752 valence electrons. The Bertz CT molecular complexity index is 5890.